The summed E-state index contributed by atoms with van der Waals surface area (Å²) in [6, 6.07) is 0. The van der Waals surface area contributed by atoms with E-state index in [0.717, 1.165) is 5.25 Å². The Bertz CT molecular complexity index is 107. The van der Waals surface area contributed by atoms with Crippen LogP contribution in [0.5, 0.6) is 0 Å². The van der Waals surface area contributed by atoms with Gasteiger partial charge in [-0.25, -0.2) is 0 Å². The van der Waals surface area contributed by atoms with Crippen LogP contribution in [0.2, 0.25) is 0 Å². The van der Waals surface area contributed by atoms with E-state index in [0.29, 0.717) is 6.10 Å². The summed E-state index contributed by atoms with van der Waals surface area (Å²) in [5.74, 6) is 1.28. The highest BCUT2D eigenvalue weighted by Crippen LogP contribution is 2.34. The van der Waals surface area contributed by atoms with Crippen LogP contribution in [0.15, 0.2) is 12.3 Å². The van der Waals surface area contributed by atoms with Gasteiger partial charge in [-0.05, 0) is 13.8 Å². The molecule has 0 aliphatic carbocycles. The minimum atomic E-state index is 0.409. The predicted octanol–water partition coefficient (Wildman–Crippen LogP) is 2.04. The van der Waals surface area contributed by atoms with Crippen LogP contribution in [0, 0.1) is 0 Å². The SMILES string of the molecule is C/C=C/OC(C)C1CS1. The van der Waals surface area contributed by atoms with E-state index in [1.807, 2.05) is 24.8 Å². The third-order valence-corrected chi connectivity index (χ3v) is 2.41. The second-order valence-corrected chi connectivity index (χ2v) is 3.45. The van der Waals surface area contributed by atoms with Crippen LogP contribution in [0.25, 0.3) is 0 Å². The number of rotatable bonds is 3. The lowest BCUT2D eigenvalue weighted by Gasteiger charge is -2.06. The first-order chi connectivity index (χ1) is 4.34. The van der Waals surface area contributed by atoms with Gasteiger partial charge in [0.15, 0.2) is 0 Å². The minimum absolute atomic E-state index is 0.409. The molecule has 1 nitrogen and oxygen atoms in total. The van der Waals surface area contributed by atoms with Crippen LogP contribution in [-0.4, -0.2) is 17.1 Å². The lowest BCUT2D eigenvalue weighted by Crippen LogP contribution is -2.10. The number of thioether (sulfide) groups is 1. The molecular formula is C7H12OS. The van der Waals surface area contributed by atoms with Crippen LogP contribution in [0.4, 0.5) is 0 Å². The molecule has 0 aromatic carbocycles. The fourth-order valence-electron chi connectivity index (χ4n) is 0.617. The van der Waals surface area contributed by atoms with Gasteiger partial charge in [0.1, 0.15) is 6.10 Å². The van der Waals surface area contributed by atoms with Gasteiger partial charge in [0.25, 0.3) is 0 Å². The Morgan fingerprint density at radius 2 is 2.44 bits per heavy atom. The normalized spacial score (nSPS) is 28.4. The molecule has 1 saturated heterocycles. The average molecular weight is 144 g/mol. The predicted molar refractivity (Wildman–Crippen MR) is 41.6 cm³/mol. The van der Waals surface area contributed by atoms with Gasteiger partial charge in [-0.15, -0.1) is 0 Å². The van der Waals surface area contributed by atoms with Crippen molar-refractivity contribution in [1.82, 2.24) is 0 Å². The smallest absolute Gasteiger partial charge is 0.108 e. The first-order valence-corrected chi connectivity index (χ1v) is 4.27. The Labute approximate surface area is 60.5 Å². The molecule has 2 unspecified atom stereocenters. The highest BCUT2D eigenvalue weighted by atomic mass is 32.2. The summed E-state index contributed by atoms with van der Waals surface area (Å²) in [6.07, 6.45) is 4.10. The number of hydrogen-bond acceptors (Lipinski definition) is 2. The molecule has 0 amide bonds. The first-order valence-electron chi connectivity index (χ1n) is 3.23. The third-order valence-electron chi connectivity index (χ3n) is 1.31. The Morgan fingerprint density at radius 3 is 2.89 bits per heavy atom. The fraction of sp³-hybridized carbons (Fsp3) is 0.714. The van der Waals surface area contributed by atoms with Crippen molar-refractivity contribution in [2.45, 2.75) is 25.2 Å². The second-order valence-electron chi connectivity index (χ2n) is 2.18. The van der Waals surface area contributed by atoms with E-state index >= 15 is 0 Å². The van der Waals surface area contributed by atoms with Crippen LogP contribution < -0.4 is 0 Å². The monoisotopic (exact) mass is 144 g/mol. The van der Waals surface area contributed by atoms with E-state index in [1.165, 1.54) is 5.75 Å². The molecule has 1 aliphatic heterocycles. The molecule has 1 aliphatic rings. The highest BCUT2D eigenvalue weighted by Gasteiger charge is 2.29. The van der Waals surface area contributed by atoms with Crippen molar-refractivity contribution in [2.24, 2.45) is 0 Å². The standard InChI is InChI=1S/C7H12OS/c1-3-4-8-6(2)7-5-9-7/h3-4,6-7H,5H2,1-2H3/b4-3+. The van der Waals surface area contributed by atoms with Gasteiger partial charge in [0.05, 0.1) is 11.5 Å². The maximum absolute atomic E-state index is 5.31. The van der Waals surface area contributed by atoms with Gasteiger partial charge in [0.2, 0.25) is 0 Å². The maximum Gasteiger partial charge on any atom is 0.108 e. The summed E-state index contributed by atoms with van der Waals surface area (Å²) in [5, 5.41) is 0.765. The van der Waals surface area contributed by atoms with Crippen molar-refractivity contribution in [2.75, 3.05) is 5.75 Å². The summed E-state index contributed by atoms with van der Waals surface area (Å²) in [7, 11) is 0. The van der Waals surface area contributed by atoms with Crippen molar-refractivity contribution in [3.05, 3.63) is 12.3 Å². The Morgan fingerprint density at radius 1 is 1.78 bits per heavy atom. The van der Waals surface area contributed by atoms with E-state index in [4.69, 9.17) is 4.74 Å². The largest absolute Gasteiger partial charge is 0.497 e. The molecule has 2 heteroatoms. The Balaban J connectivity index is 2.10. The van der Waals surface area contributed by atoms with Gasteiger partial charge in [-0.3, -0.25) is 0 Å². The fourth-order valence-corrected chi connectivity index (χ4v) is 1.33. The molecule has 0 aromatic heterocycles. The number of hydrogen-bond donors (Lipinski definition) is 0. The zero-order valence-corrected chi connectivity index (χ0v) is 6.65. The van der Waals surface area contributed by atoms with Crippen LogP contribution in [0.1, 0.15) is 13.8 Å². The molecule has 1 heterocycles. The van der Waals surface area contributed by atoms with Gasteiger partial charge in [-0.2, -0.15) is 11.8 Å². The Hall–Kier alpha value is -0.110. The van der Waals surface area contributed by atoms with E-state index in [9.17, 15) is 0 Å². The number of allylic oxidation sites excluding steroid dienone is 1. The van der Waals surface area contributed by atoms with Crippen molar-refractivity contribution >= 4 is 11.8 Å². The van der Waals surface area contributed by atoms with Crippen molar-refractivity contribution < 1.29 is 4.74 Å². The molecule has 52 valence electrons. The molecule has 9 heavy (non-hydrogen) atoms. The van der Waals surface area contributed by atoms with Crippen LogP contribution in [0.3, 0.4) is 0 Å². The molecule has 0 saturated carbocycles. The second kappa shape index (κ2) is 3.16. The zero-order valence-electron chi connectivity index (χ0n) is 5.83. The lowest BCUT2D eigenvalue weighted by molar-refractivity contribution is 0.169. The van der Waals surface area contributed by atoms with Crippen molar-refractivity contribution in [3.63, 3.8) is 0 Å². The zero-order chi connectivity index (χ0) is 6.69. The van der Waals surface area contributed by atoms with Crippen molar-refractivity contribution in [3.8, 4) is 0 Å². The van der Waals surface area contributed by atoms with E-state index in [1.54, 1.807) is 6.26 Å². The summed E-state index contributed by atoms with van der Waals surface area (Å²) >= 11 is 1.97. The number of ether oxygens (including phenoxy) is 1. The third kappa shape index (κ3) is 2.31. The topological polar surface area (TPSA) is 9.23 Å². The molecule has 1 fully saturated rings. The highest BCUT2D eigenvalue weighted by molar-refractivity contribution is 8.06. The first kappa shape index (κ1) is 7.00. The van der Waals surface area contributed by atoms with E-state index in [2.05, 4.69) is 6.92 Å². The molecule has 1 rings (SSSR count). The Kier molecular flexibility index (Phi) is 2.46. The summed E-state index contributed by atoms with van der Waals surface area (Å²) in [5.41, 5.74) is 0. The van der Waals surface area contributed by atoms with E-state index < -0.39 is 0 Å². The molecule has 0 N–H and O–H groups in total. The molecule has 0 bridgehead atoms. The van der Waals surface area contributed by atoms with Gasteiger partial charge in [0, 0.05) is 5.75 Å². The summed E-state index contributed by atoms with van der Waals surface area (Å²) < 4.78 is 5.31. The quantitative estimate of drug-likeness (QED) is 0.443. The lowest BCUT2D eigenvalue weighted by atomic mass is 10.3. The van der Waals surface area contributed by atoms with Gasteiger partial charge < -0.3 is 4.74 Å². The summed E-state index contributed by atoms with van der Waals surface area (Å²) in [6.45, 7) is 4.08. The van der Waals surface area contributed by atoms with Gasteiger partial charge in [-0.1, -0.05) is 6.08 Å². The maximum atomic E-state index is 5.31. The molecule has 0 radical (unpaired) electrons. The molecule has 0 aromatic rings. The van der Waals surface area contributed by atoms with Gasteiger partial charge >= 0.3 is 0 Å². The average Bonchev–Trinajstić information content (AvgIpc) is 2.63. The molecular weight excluding hydrogens is 132 g/mol. The summed E-state index contributed by atoms with van der Waals surface area (Å²) in [4.78, 5) is 0. The van der Waals surface area contributed by atoms with Crippen LogP contribution >= 0.6 is 11.8 Å². The van der Waals surface area contributed by atoms with Crippen molar-refractivity contribution in [1.29, 1.82) is 0 Å². The van der Waals surface area contributed by atoms with E-state index in [-0.39, 0.29) is 0 Å². The van der Waals surface area contributed by atoms with Crippen LogP contribution in [-0.2, 0) is 4.74 Å². The minimum Gasteiger partial charge on any atom is -0.497 e. The molecule has 2 atom stereocenters. The molecule has 0 spiro atoms.